The Balaban J connectivity index is 1.41. The molecule has 10 heteroatoms. The molecule has 1 saturated heterocycles. The Morgan fingerprint density at radius 1 is 1.26 bits per heavy atom. The fourth-order valence-electron chi connectivity index (χ4n) is 3.97. The number of thioether (sulfide) groups is 1. The molecule has 7 nitrogen and oxygen atoms in total. The summed E-state index contributed by atoms with van der Waals surface area (Å²) in [6, 6.07) is 9.79. The lowest BCUT2D eigenvalue weighted by Gasteiger charge is -2.16. The maximum Gasteiger partial charge on any atom is 0.210 e. The van der Waals surface area contributed by atoms with Crippen molar-refractivity contribution in [1.29, 1.82) is 0 Å². The van der Waals surface area contributed by atoms with Gasteiger partial charge in [0.2, 0.25) is 5.13 Å². The number of benzene rings is 1. The van der Waals surface area contributed by atoms with Crippen LogP contribution in [0.5, 0.6) is 0 Å². The highest BCUT2D eigenvalue weighted by Gasteiger charge is 2.31. The lowest BCUT2D eigenvalue weighted by molar-refractivity contribution is 0.102. The van der Waals surface area contributed by atoms with Crippen LogP contribution in [-0.4, -0.2) is 46.2 Å². The Morgan fingerprint density at radius 3 is 2.77 bits per heavy atom. The summed E-state index contributed by atoms with van der Waals surface area (Å²) in [6.45, 7) is 5.85. The molecule has 164 valence electrons. The van der Waals surface area contributed by atoms with Crippen molar-refractivity contribution >= 4 is 49.5 Å². The quantitative estimate of drug-likeness (QED) is 0.400. The minimum atomic E-state index is -2.99. The maximum atomic E-state index is 12.9. The fourth-order valence-corrected chi connectivity index (χ4v) is 7.33. The van der Waals surface area contributed by atoms with Crippen molar-refractivity contribution < 1.29 is 13.2 Å². The monoisotopic (exact) mass is 476 g/mol. The molecule has 1 atom stereocenters. The molecule has 3 heterocycles. The van der Waals surface area contributed by atoms with E-state index in [-0.39, 0.29) is 29.1 Å². The predicted octanol–water partition coefficient (Wildman–Crippen LogP) is 4.34. The van der Waals surface area contributed by atoms with E-state index in [1.165, 1.54) is 23.1 Å². The Bertz CT molecular complexity index is 1230. The Kier molecular flexibility index (Phi) is 6.23. The highest BCUT2D eigenvalue weighted by atomic mass is 32.2. The van der Waals surface area contributed by atoms with E-state index in [1.807, 2.05) is 55.7 Å². The first kappa shape index (κ1) is 22.0. The number of hydrogen-bond donors (Lipinski definition) is 1. The molecule has 0 aliphatic carbocycles. The fraction of sp³-hybridized carbons (Fsp3) is 0.381. The van der Waals surface area contributed by atoms with E-state index in [2.05, 4.69) is 15.5 Å². The van der Waals surface area contributed by atoms with Crippen LogP contribution >= 0.6 is 23.1 Å². The van der Waals surface area contributed by atoms with Crippen molar-refractivity contribution in [2.45, 2.75) is 37.6 Å². The zero-order valence-electron chi connectivity index (χ0n) is 17.6. The van der Waals surface area contributed by atoms with Crippen LogP contribution in [0.4, 0.5) is 10.8 Å². The molecule has 2 aromatic heterocycles. The first-order chi connectivity index (χ1) is 14.7. The third-order valence-electron chi connectivity index (χ3n) is 5.36. The Hall–Kier alpha value is -2.17. The van der Waals surface area contributed by atoms with Gasteiger partial charge in [-0.1, -0.05) is 35.2 Å². The molecule has 31 heavy (non-hydrogen) atoms. The number of aromatic nitrogens is 3. The van der Waals surface area contributed by atoms with Crippen LogP contribution in [0.3, 0.4) is 0 Å². The number of sulfone groups is 1. The molecule has 0 amide bonds. The smallest absolute Gasteiger partial charge is 0.210 e. The van der Waals surface area contributed by atoms with E-state index >= 15 is 0 Å². The number of hydrogen-bond acceptors (Lipinski definition) is 8. The van der Waals surface area contributed by atoms with E-state index in [4.69, 9.17) is 0 Å². The molecule has 1 N–H and O–H groups in total. The first-order valence-electron chi connectivity index (χ1n) is 9.94. The van der Waals surface area contributed by atoms with Gasteiger partial charge in [0.25, 0.3) is 0 Å². The van der Waals surface area contributed by atoms with Gasteiger partial charge in [0.1, 0.15) is 0 Å². The summed E-state index contributed by atoms with van der Waals surface area (Å²) in [4.78, 5) is 12.9. The average Bonchev–Trinajstić information content (AvgIpc) is 3.37. The van der Waals surface area contributed by atoms with E-state index in [0.29, 0.717) is 17.1 Å². The van der Waals surface area contributed by atoms with Gasteiger partial charge in [0.15, 0.2) is 20.0 Å². The van der Waals surface area contributed by atoms with Gasteiger partial charge in [0, 0.05) is 28.7 Å². The van der Waals surface area contributed by atoms with Crippen molar-refractivity contribution in [2.75, 3.05) is 22.6 Å². The third kappa shape index (κ3) is 5.02. The SMILES string of the molecule is Cc1cccc(Nc2nnc(SCC(=O)c3cc(C)n([C@@H]4CCS(=O)(=O)C4)c3C)s2)c1. The molecular formula is C21H24N4O3S3. The topological polar surface area (TPSA) is 93.9 Å². The van der Waals surface area contributed by atoms with Gasteiger partial charge in [-0.2, -0.15) is 0 Å². The van der Waals surface area contributed by atoms with E-state index in [0.717, 1.165) is 27.0 Å². The molecule has 3 aromatic rings. The summed E-state index contributed by atoms with van der Waals surface area (Å²) in [5.41, 5.74) is 4.52. The summed E-state index contributed by atoms with van der Waals surface area (Å²) < 4.78 is 26.5. The highest BCUT2D eigenvalue weighted by molar-refractivity contribution is 8.01. The van der Waals surface area contributed by atoms with Crippen LogP contribution in [0, 0.1) is 20.8 Å². The number of carbonyl (C=O) groups excluding carboxylic acids is 1. The number of Topliss-reactive ketones (excluding diaryl/α,β-unsaturated/α-hetero) is 1. The molecule has 1 aromatic carbocycles. The van der Waals surface area contributed by atoms with Crippen LogP contribution in [-0.2, 0) is 9.84 Å². The first-order valence-corrected chi connectivity index (χ1v) is 13.6. The van der Waals surface area contributed by atoms with Gasteiger partial charge >= 0.3 is 0 Å². The Morgan fingerprint density at radius 2 is 2.06 bits per heavy atom. The zero-order valence-corrected chi connectivity index (χ0v) is 20.0. The van der Waals surface area contributed by atoms with Crippen molar-refractivity contribution in [3.05, 3.63) is 52.8 Å². The maximum absolute atomic E-state index is 12.9. The number of ketones is 1. The van der Waals surface area contributed by atoms with Crippen molar-refractivity contribution in [1.82, 2.24) is 14.8 Å². The van der Waals surface area contributed by atoms with E-state index < -0.39 is 9.84 Å². The second-order valence-corrected chi connectivity index (χ2v) is 12.2. The lowest BCUT2D eigenvalue weighted by atomic mass is 10.2. The molecule has 1 fully saturated rings. The summed E-state index contributed by atoms with van der Waals surface area (Å²) >= 11 is 2.77. The van der Waals surface area contributed by atoms with Crippen molar-refractivity contribution in [2.24, 2.45) is 0 Å². The minimum Gasteiger partial charge on any atom is -0.344 e. The molecule has 1 aliphatic heterocycles. The normalized spacial score (nSPS) is 17.7. The number of nitrogens with one attached hydrogen (secondary N) is 1. The molecule has 1 aliphatic rings. The second kappa shape index (κ2) is 8.76. The van der Waals surface area contributed by atoms with Crippen LogP contribution in [0.2, 0.25) is 0 Å². The summed E-state index contributed by atoms with van der Waals surface area (Å²) in [6.07, 6.45) is 0.600. The van der Waals surface area contributed by atoms with Gasteiger partial charge < -0.3 is 9.88 Å². The highest BCUT2D eigenvalue weighted by Crippen LogP contribution is 2.31. The van der Waals surface area contributed by atoms with Crippen LogP contribution < -0.4 is 5.32 Å². The molecule has 0 bridgehead atoms. The van der Waals surface area contributed by atoms with E-state index in [1.54, 1.807) is 0 Å². The Labute approximate surface area is 190 Å². The molecule has 0 spiro atoms. The van der Waals surface area contributed by atoms with E-state index in [9.17, 15) is 13.2 Å². The zero-order chi connectivity index (χ0) is 22.2. The van der Waals surface area contributed by atoms with Crippen LogP contribution in [0.15, 0.2) is 34.7 Å². The standard InChI is InChI=1S/C21H24N4O3S3/c1-13-5-4-6-16(9-13)22-20-23-24-21(30-20)29-11-19(26)18-10-14(2)25(15(18)3)17-7-8-31(27,28)12-17/h4-6,9-10,17H,7-8,11-12H2,1-3H3,(H,22,23)/t17-/m1/s1. The molecule has 4 rings (SSSR count). The number of rotatable bonds is 7. The van der Waals surface area contributed by atoms with Crippen LogP contribution in [0.25, 0.3) is 0 Å². The molecule has 0 saturated carbocycles. The van der Waals surface area contributed by atoms with Gasteiger partial charge in [-0.25, -0.2) is 8.42 Å². The number of nitrogens with zero attached hydrogens (tertiary/aromatic N) is 3. The summed E-state index contributed by atoms with van der Waals surface area (Å²) in [5, 5.41) is 12.2. The number of carbonyl (C=O) groups is 1. The van der Waals surface area contributed by atoms with Crippen molar-refractivity contribution in [3.8, 4) is 0 Å². The largest absolute Gasteiger partial charge is 0.344 e. The molecule has 0 radical (unpaired) electrons. The van der Waals surface area contributed by atoms with Gasteiger partial charge in [-0.3, -0.25) is 4.79 Å². The van der Waals surface area contributed by atoms with Crippen molar-refractivity contribution in [3.63, 3.8) is 0 Å². The number of aryl methyl sites for hydroxylation is 2. The van der Waals surface area contributed by atoms with Crippen LogP contribution in [0.1, 0.15) is 39.8 Å². The lowest BCUT2D eigenvalue weighted by Crippen LogP contribution is -2.14. The van der Waals surface area contributed by atoms with Gasteiger partial charge in [0.05, 0.1) is 17.3 Å². The third-order valence-corrected chi connectivity index (χ3v) is 9.08. The molecular weight excluding hydrogens is 452 g/mol. The molecule has 0 unspecified atom stereocenters. The van der Waals surface area contributed by atoms with Gasteiger partial charge in [-0.05, 0) is 51.0 Å². The minimum absolute atomic E-state index is 0.00796. The second-order valence-electron chi connectivity index (χ2n) is 7.79. The number of anilines is 2. The van der Waals surface area contributed by atoms with Gasteiger partial charge in [-0.15, -0.1) is 10.2 Å². The summed E-state index contributed by atoms with van der Waals surface area (Å²) in [5.74, 6) is 0.622. The summed E-state index contributed by atoms with van der Waals surface area (Å²) in [7, 11) is -2.99. The predicted molar refractivity (Wildman–Crippen MR) is 126 cm³/mol. The average molecular weight is 477 g/mol.